The third-order valence-corrected chi connectivity index (χ3v) is 8.55. The SMILES string of the molecule is CCC(C(=O)NC(C)C)N(CCc1ccccc1)C(=O)CN(c1cc(C(F)(F)F)ccc1Cl)S(=O)(=O)c1ccccc1. The summed E-state index contributed by atoms with van der Waals surface area (Å²) in [6.07, 6.45) is -4.22. The van der Waals surface area contributed by atoms with Crippen molar-refractivity contribution in [1.82, 2.24) is 10.2 Å². The molecule has 7 nitrogen and oxygen atoms in total. The van der Waals surface area contributed by atoms with E-state index in [-0.39, 0.29) is 28.9 Å². The number of amides is 2. The molecule has 0 bridgehead atoms. The molecule has 3 aromatic carbocycles. The quantitative estimate of drug-likeness (QED) is 0.271. The van der Waals surface area contributed by atoms with Crippen molar-refractivity contribution in [2.24, 2.45) is 0 Å². The summed E-state index contributed by atoms with van der Waals surface area (Å²) in [6, 6.07) is 17.3. The lowest BCUT2D eigenvalue weighted by Crippen LogP contribution is -2.54. The number of carbonyl (C=O) groups excluding carboxylic acids is 2. The minimum atomic E-state index is -4.80. The van der Waals surface area contributed by atoms with E-state index in [0.717, 1.165) is 17.7 Å². The molecule has 1 unspecified atom stereocenters. The molecule has 1 N–H and O–H groups in total. The van der Waals surface area contributed by atoms with Gasteiger partial charge in [0.2, 0.25) is 11.8 Å². The molecule has 0 aromatic heterocycles. The number of hydrogen-bond donors (Lipinski definition) is 1. The van der Waals surface area contributed by atoms with Crippen LogP contribution in [0.15, 0.2) is 83.8 Å². The van der Waals surface area contributed by atoms with Gasteiger partial charge in [0.15, 0.2) is 0 Å². The van der Waals surface area contributed by atoms with Gasteiger partial charge in [0.05, 0.1) is 21.2 Å². The van der Waals surface area contributed by atoms with Gasteiger partial charge < -0.3 is 10.2 Å². The normalized spacial score (nSPS) is 12.6. The minimum absolute atomic E-state index is 0.0580. The molecule has 0 radical (unpaired) electrons. The molecule has 0 aliphatic rings. The molecule has 0 aliphatic heterocycles. The van der Waals surface area contributed by atoms with Gasteiger partial charge in [-0.25, -0.2) is 8.42 Å². The number of hydrogen-bond acceptors (Lipinski definition) is 4. The average molecular weight is 624 g/mol. The van der Waals surface area contributed by atoms with Gasteiger partial charge >= 0.3 is 6.18 Å². The maximum Gasteiger partial charge on any atom is 0.416 e. The van der Waals surface area contributed by atoms with Crippen molar-refractivity contribution in [1.29, 1.82) is 0 Å². The Morgan fingerprint density at radius 3 is 2.10 bits per heavy atom. The van der Waals surface area contributed by atoms with Crippen molar-refractivity contribution in [3.05, 3.63) is 95.0 Å². The molecular weight excluding hydrogens is 591 g/mol. The fraction of sp³-hybridized carbons (Fsp3) is 0.333. The molecule has 226 valence electrons. The monoisotopic (exact) mass is 623 g/mol. The van der Waals surface area contributed by atoms with Gasteiger partial charge in [-0.3, -0.25) is 13.9 Å². The van der Waals surface area contributed by atoms with E-state index in [2.05, 4.69) is 5.32 Å². The number of alkyl halides is 3. The number of halogens is 4. The molecule has 0 saturated carbocycles. The summed E-state index contributed by atoms with van der Waals surface area (Å²) in [4.78, 5) is 28.2. The van der Waals surface area contributed by atoms with Crippen molar-refractivity contribution in [2.45, 2.75) is 56.8 Å². The largest absolute Gasteiger partial charge is 0.416 e. The third kappa shape index (κ3) is 8.25. The van der Waals surface area contributed by atoms with Crippen LogP contribution in [0.3, 0.4) is 0 Å². The third-order valence-electron chi connectivity index (χ3n) is 6.45. The van der Waals surface area contributed by atoms with Gasteiger partial charge in [-0.05, 0) is 62.6 Å². The topological polar surface area (TPSA) is 86.8 Å². The lowest BCUT2D eigenvalue weighted by Gasteiger charge is -2.34. The summed E-state index contributed by atoms with van der Waals surface area (Å²) in [7, 11) is -4.57. The van der Waals surface area contributed by atoms with Crippen molar-refractivity contribution in [3.8, 4) is 0 Å². The second-order valence-corrected chi connectivity index (χ2v) is 12.2. The molecular formula is C30H33ClF3N3O4S. The molecule has 12 heteroatoms. The summed E-state index contributed by atoms with van der Waals surface area (Å²) in [5.41, 5.74) is -0.762. The first-order valence-electron chi connectivity index (χ1n) is 13.3. The Morgan fingerprint density at radius 2 is 1.55 bits per heavy atom. The Bertz CT molecular complexity index is 1470. The van der Waals surface area contributed by atoms with Crippen LogP contribution in [0.1, 0.15) is 38.3 Å². The Balaban J connectivity index is 2.10. The predicted octanol–water partition coefficient (Wildman–Crippen LogP) is 5.93. The van der Waals surface area contributed by atoms with Crippen molar-refractivity contribution >= 4 is 39.1 Å². The summed E-state index contributed by atoms with van der Waals surface area (Å²) in [5.74, 6) is -1.20. The zero-order valence-electron chi connectivity index (χ0n) is 23.4. The standard InChI is InChI=1S/C30H33ClF3N3O4S/c1-4-26(29(39)35-21(2)3)36(18-17-22-11-7-5-8-12-22)28(38)20-37(42(40,41)24-13-9-6-10-14-24)27-19-23(30(32,33)34)15-16-25(27)31/h5-16,19,21,26H,4,17-18,20H2,1-3H3,(H,35,39). The highest BCUT2D eigenvalue weighted by atomic mass is 35.5. The summed E-state index contributed by atoms with van der Waals surface area (Å²) in [6.45, 7) is 4.42. The van der Waals surface area contributed by atoms with Gasteiger partial charge in [-0.1, -0.05) is 67.1 Å². The van der Waals surface area contributed by atoms with Crippen molar-refractivity contribution in [2.75, 3.05) is 17.4 Å². The predicted molar refractivity (Wildman–Crippen MR) is 157 cm³/mol. The first-order valence-corrected chi connectivity index (χ1v) is 15.2. The van der Waals surface area contributed by atoms with Gasteiger partial charge in [0, 0.05) is 12.6 Å². The van der Waals surface area contributed by atoms with E-state index in [1.807, 2.05) is 30.3 Å². The number of sulfonamides is 1. The molecule has 1 atom stereocenters. The molecule has 0 heterocycles. The van der Waals surface area contributed by atoms with E-state index in [0.29, 0.717) is 16.8 Å². The lowest BCUT2D eigenvalue weighted by atomic mass is 10.1. The first-order chi connectivity index (χ1) is 19.8. The zero-order valence-corrected chi connectivity index (χ0v) is 25.0. The molecule has 3 aromatic rings. The Labute approximate surface area is 249 Å². The Hall–Kier alpha value is -3.57. The second-order valence-electron chi connectivity index (χ2n) is 9.90. The maximum atomic E-state index is 14.0. The van der Waals surface area contributed by atoms with E-state index in [9.17, 15) is 31.2 Å². The molecule has 0 aliphatic carbocycles. The second kappa shape index (κ2) is 14.1. The summed E-state index contributed by atoms with van der Waals surface area (Å²) < 4.78 is 69.2. The van der Waals surface area contributed by atoms with Crippen LogP contribution in [0, 0.1) is 0 Å². The molecule has 2 amide bonds. The Morgan fingerprint density at radius 1 is 0.952 bits per heavy atom. The highest BCUT2D eigenvalue weighted by molar-refractivity contribution is 7.92. The lowest BCUT2D eigenvalue weighted by molar-refractivity contribution is -0.139. The number of nitrogens with one attached hydrogen (secondary N) is 1. The fourth-order valence-electron chi connectivity index (χ4n) is 4.39. The number of carbonyl (C=O) groups is 2. The van der Waals surface area contributed by atoms with Gasteiger partial charge in [0.25, 0.3) is 10.0 Å². The van der Waals surface area contributed by atoms with Gasteiger partial charge in [0.1, 0.15) is 12.6 Å². The molecule has 3 rings (SSSR count). The van der Waals surface area contributed by atoms with Gasteiger partial charge in [-0.2, -0.15) is 13.2 Å². The molecule has 42 heavy (non-hydrogen) atoms. The highest BCUT2D eigenvalue weighted by Gasteiger charge is 2.36. The molecule has 0 saturated heterocycles. The van der Waals surface area contributed by atoms with Crippen LogP contribution in [-0.2, 0) is 32.2 Å². The maximum absolute atomic E-state index is 14.0. The Kier molecular flexibility index (Phi) is 11.0. The number of anilines is 1. The van der Waals surface area contributed by atoms with Crippen LogP contribution in [0.2, 0.25) is 5.02 Å². The average Bonchev–Trinajstić information content (AvgIpc) is 2.94. The smallest absolute Gasteiger partial charge is 0.352 e. The van der Waals surface area contributed by atoms with E-state index < -0.39 is 51.9 Å². The summed E-state index contributed by atoms with van der Waals surface area (Å²) in [5, 5.41) is 2.50. The van der Waals surface area contributed by atoms with Gasteiger partial charge in [-0.15, -0.1) is 0 Å². The molecule has 0 fully saturated rings. The zero-order chi connectivity index (χ0) is 31.1. The minimum Gasteiger partial charge on any atom is -0.352 e. The number of benzene rings is 3. The van der Waals surface area contributed by atoms with E-state index in [1.54, 1.807) is 26.8 Å². The first kappa shape index (κ1) is 32.9. The summed E-state index contributed by atoms with van der Waals surface area (Å²) >= 11 is 6.27. The van der Waals surface area contributed by atoms with E-state index in [4.69, 9.17) is 11.6 Å². The number of nitrogens with zero attached hydrogens (tertiary/aromatic N) is 2. The molecule has 0 spiro atoms. The van der Waals surface area contributed by atoms with Crippen LogP contribution in [0.4, 0.5) is 18.9 Å². The van der Waals surface area contributed by atoms with E-state index >= 15 is 0 Å². The van der Waals surface area contributed by atoms with Crippen LogP contribution in [-0.4, -0.2) is 50.3 Å². The van der Waals surface area contributed by atoms with E-state index in [1.165, 1.54) is 29.2 Å². The van der Waals surface area contributed by atoms with Crippen LogP contribution in [0.5, 0.6) is 0 Å². The highest BCUT2D eigenvalue weighted by Crippen LogP contribution is 2.37. The van der Waals surface area contributed by atoms with Crippen molar-refractivity contribution in [3.63, 3.8) is 0 Å². The van der Waals surface area contributed by atoms with Crippen molar-refractivity contribution < 1.29 is 31.2 Å². The number of rotatable bonds is 12. The van der Waals surface area contributed by atoms with Crippen LogP contribution < -0.4 is 9.62 Å². The van der Waals surface area contributed by atoms with Crippen LogP contribution in [0.25, 0.3) is 0 Å². The van der Waals surface area contributed by atoms with Crippen LogP contribution >= 0.6 is 11.6 Å². The fourth-order valence-corrected chi connectivity index (χ4v) is 6.11.